The van der Waals surface area contributed by atoms with Crippen molar-refractivity contribution in [3.05, 3.63) is 46.8 Å². The predicted molar refractivity (Wildman–Crippen MR) is 107 cm³/mol. The zero-order valence-electron chi connectivity index (χ0n) is 17.1. The average Bonchev–Trinajstić information content (AvgIpc) is 2.92. The van der Waals surface area contributed by atoms with Gasteiger partial charge in [-0.1, -0.05) is 47.6 Å². The second-order valence-electron chi connectivity index (χ2n) is 9.12. The number of fused-ring (bicyclic) bond motifs is 1. The molecule has 2 aromatic rings. The van der Waals surface area contributed by atoms with E-state index >= 15 is 0 Å². The van der Waals surface area contributed by atoms with Crippen LogP contribution in [0.25, 0.3) is 10.9 Å². The number of rotatable bonds is 3. The first-order valence-corrected chi connectivity index (χ1v) is 8.85. The Morgan fingerprint density at radius 3 is 2.15 bits per heavy atom. The highest BCUT2D eigenvalue weighted by atomic mass is 16.1. The molecule has 0 radical (unpaired) electrons. The van der Waals surface area contributed by atoms with Crippen molar-refractivity contribution < 1.29 is 4.79 Å². The third kappa shape index (κ3) is 3.99. The number of Topliss-reactive ketones (excluding diaryl/α,β-unsaturated/α-hetero) is 1. The van der Waals surface area contributed by atoms with E-state index in [4.69, 9.17) is 0 Å². The molecule has 0 bridgehead atoms. The summed E-state index contributed by atoms with van der Waals surface area (Å²) in [5.74, 6) is -0.283. The molecule has 0 aliphatic heterocycles. The molecule has 0 saturated heterocycles. The van der Waals surface area contributed by atoms with Crippen molar-refractivity contribution in [3.63, 3.8) is 0 Å². The summed E-state index contributed by atoms with van der Waals surface area (Å²) in [5.41, 5.74) is 3.88. The van der Waals surface area contributed by atoms with Gasteiger partial charge >= 0.3 is 0 Å². The minimum Gasteiger partial charge on any atom is -0.382 e. The summed E-state index contributed by atoms with van der Waals surface area (Å²) >= 11 is 0. The number of aromatic amines is 1. The molecule has 4 heteroatoms. The lowest BCUT2D eigenvalue weighted by molar-refractivity contribution is 0.103. The molecule has 1 aromatic carbocycles. The Bertz CT molecular complexity index is 910. The summed E-state index contributed by atoms with van der Waals surface area (Å²) in [6, 6.07) is 8.24. The maximum atomic E-state index is 12.8. The number of carbonyl (C=O) groups excluding carboxylic acids is 1. The van der Waals surface area contributed by atoms with Crippen molar-refractivity contribution in [3.8, 4) is 6.07 Å². The summed E-state index contributed by atoms with van der Waals surface area (Å²) < 4.78 is 0. The molecule has 26 heavy (non-hydrogen) atoms. The number of hydrogen-bond acceptors (Lipinski definition) is 3. The number of nitriles is 1. The largest absolute Gasteiger partial charge is 0.382 e. The zero-order chi connectivity index (χ0) is 19.9. The quantitative estimate of drug-likeness (QED) is 0.485. The Labute approximate surface area is 156 Å². The molecule has 0 spiro atoms. The van der Waals surface area contributed by atoms with Crippen LogP contribution in [-0.4, -0.2) is 29.8 Å². The van der Waals surface area contributed by atoms with Crippen LogP contribution < -0.4 is 0 Å². The highest BCUT2D eigenvalue weighted by molar-refractivity contribution is 6.12. The van der Waals surface area contributed by atoms with Crippen LogP contribution >= 0.6 is 0 Å². The van der Waals surface area contributed by atoms with E-state index in [2.05, 4.69) is 58.7 Å². The van der Waals surface area contributed by atoms with E-state index in [1.807, 2.05) is 12.1 Å². The molecule has 138 valence electrons. The monoisotopic (exact) mass is 351 g/mol. The van der Waals surface area contributed by atoms with Crippen molar-refractivity contribution >= 4 is 16.7 Å². The molecule has 0 fully saturated rings. The summed E-state index contributed by atoms with van der Waals surface area (Å²) in [5, 5.41) is 10.4. The van der Waals surface area contributed by atoms with E-state index in [0.717, 1.165) is 10.9 Å². The second kappa shape index (κ2) is 6.64. The third-order valence-electron chi connectivity index (χ3n) is 4.41. The number of nitrogens with one attached hydrogen (secondary N) is 1. The van der Waals surface area contributed by atoms with Gasteiger partial charge in [-0.3, -0.25) is 4.79 Å². The van der Waals surface area contributed by atoms with Gasteiger partial charge in [-0.2, -0.15) is 5.26 Å². The van der Waals surface area contributed by atoms with Gasteiger partial charge in [0.05, 0.1) is 5.69 Å². The fourth-order valence-electron chi connectivity index (χ4n) is 2.96. The fourth-order valence-corrected chi connectivity index (χ4v) is 2.96. The number of H-pyrrole nitrogens is 1. The van der Waals surface area contributed by atoms with E-state index in [-0.39, 0.29) is 22.2 Å². The molecular weight excluding hydrogens is 322 g/mol. The molecule has 4 nitrogen and oxygen atoms in total. The number of allylic oxidation sites excluding steroid dienone is 1. The Morgan fingerprint density at radius 1 is 1.08 bits per heavy atom. The number of aromatic nitrogens is 1. The molecular formula is C22H29N3O. The second-order valence-corrected chi connectivity index (χ2v) is 9.12. The van der Waals surface area contributed by atoms with Crippen molar-refractivity contribution in [1.29, 1.82) is 5.26 Å². The van der Waals surface area contributed by atoms with Gasteiger partial charge in [-0.15, -0.1) is 0 Å². The van der Waals surface area contributed by atoms with Crippen LogP contribution in [0.15, 0.2) is 30.0 Å². The number of ketones is 1. The van der Waals surface area contributed by atoms with Gasteiger partial charge in [0.1, 0.15) is 11.6 Å². The number of benzene rings is 1. The van der Waals surface area contributed by atoms with Crippen molar-refractivity contribution in [2.24, 2.45) is 0 Å². The number of hydrogen-bond donors (Lipinski definition) is 1. The van der Waals surface area contributed by atoms with Crippen molar-refractivity contribution in [2.45, 2.75) is 52.4 Å². The first-order chi connectivity index (χ1) is 11.8. The van der Waals surface area contributed by atoms with Crippen LogP contribution in [0.2, 0.25) is 0 Å². The summed E-state index contributed by atoms with van der Waals surface area (Å²) in [4.78, 5) is 17.7. The van der Waals surface area contributed by atoms with E-state index in [0.29, 0.717) is 5.69 Å². The minimum atomic E-state index is -0.283. The normalized spacial score (nSPS) is 13.0. The van der Waals surface area contributed by atoms with Gasteiger partial charge < -0.3 is 9.88 Å². The Balaban J connectivity index is 2.71. The first-order valence-electron chi connectivity index (χ1n) is 8.85. The van der Waals surface area contributed by atoms with Crippen LogP contribution in [0.4, 0.5) is 0 Å². The molecule has 2 rings (SSSR count). The molecule has 0 unspecified atom stereocenters. The predicted octanol–water partition coefficient (Wildman–Crippen LogP) is 4.91. The van der Waals surface area contributed by atoms with Gasteiger partial charge in [-0.05, 0) is 34.1 Å². The Kier molecular flexibility index (Phi) is 5.05. The van der Waals surface area contributed by atoms with Gasteiger partial charge in [-0.25, -0.2) is 0 Å². The third-order valence-corrected chi connectivity index (χ3v) is 4.41. The van der Waals surface area contributed by atoms with Gasteiger partial charge in [0, 0.05) is 31.2 Å². The molecule has 0 saturated carbocycles. The van der Waals surface area contributed by atoms with Crippen LogP contribution in [0.5, 0.6) is 0 Å². The fraction of sp³-hybridized carbons (Fsp3) is 0.455. The molecule has 0 aliphatic rings. The highest BCUT2D eigenvalue weighted by Crippen LogP contribution is 2.35. The highest BCUT2D eigenvalue weighted by Gasteiger charge is 2.24. The molecule has 1 heterocycles. The molecule has 0 amide bonds. The zero-order valence-corrected chi connectivity index (χ0v) is 17.1. The van der Waals surface area contributed by atoms with Gasteiger partial charge in [0.15, 0.2) is 0 Å². The van der Waals surface area contributed by atoms with E-state index < -0.39 is 0 Å². The smallest absolute Gasteiger partial charge is 0.221 e. The van der Waals surface area contributed by atoms with Crippen LogP contribution in [0, 0.1) is 11.3 Å². The topological polar surface area (TPSA) is 59.9 Å². The Hall–Kier alpha value is -2.54. The van der Waals surface area contributed by atoms with Crippen LogP contribution in [0.1, 0.15) is 63.2 Å². The SMILES string of the molecule is CN(C)/C=C(\C#N)C(=O)c1cc2c(C(C)(C)C)cc(C(C)(C)C)cc2[nH]1. The van der Waals surface area contributed by atoms with E-state index in [9.17, 15) is 10.1 Å². The lowest BCUT2D eigenvalue weighted by Crippen LogP contribution is -2.16. The Morgan fingerprint density at radius 2 is 1.69 bits per heavy atom. The van der Waals surface area contributed by atoms with Crippen molar-refractivity contribution in [1.82, 2.24) is 9.88 Å². The lowest BCUT2D eigenvalue weighted by Gasteiger charge is -2.25. The van der Waals surface area contributed by atoms with Gasteiger partial charge in [0.2, 0.25) is 5.78 Å². The standard InChI is InChI=1S/C22H29N3O/c1-21(2,3)15-9-17(22(4,5)6)16-11-19(24-18(16)10-15)20(26)14(12-23)13-25(7)8/h9-11,13,24H,1-8H3/b14-13+. The summed E-state index contributed by atoms with van der Waals surface area (Å²) in [7, 11) is 3.59. The van der Waals surface area contributed by atoms with Gasteiger partial charge in [0.25, 0.3) is 0 Å². The average molecular weight is 351 g/mol. The summed E-state index contributed by atoms with van der Waals surface area (Å²) in [6.07, 6.45) is 1.55. The van der Waals surface area contributed by atoms with Crippen molar-refractivity contribution in [2.75, 3.05) is 14.1 Å². The molecule has 0 atom stereocenters. The summed E-state index contributed by atoms with van der Waals surface area (Å²) in [6.45, 7) is 13.1. The van der Waals surface area contributed by atoms with E-state index in [1.54, 1.807) is 25.2 Å². The number of nitrogens with zero attached hydrogens (tertiary/aromatic N) is 2. The minimum absolute atomic E-state index is 0.00606. The maximum Gasteiger partial charge on any atom is 0.221 e. The molecule has 1 aromatic heterocycles. The first kappa shape index (κ1) is 19.8. The molecule has 0 aliphatic carbocycles. The van der Waals surface area contributed by atoms with E-state index in [1.165, 1.54) is 11.1 Å². The number of carbonyl (C=O) groups is 1. The van der Waals surface area contributed by atoms with Crippen LogP contribution in [0.3, 0.4) is 0 Å². The molecule has 1 N–H and O–H groups in total. The lowest BCUT2D eigenvalue weighted by atomic mass is 9.79. The maximum absolute atomic E-state index is 12.8. The van der Waals surface area contributed by atoms with Crippen LogP contribution in [-0.2, 0) is 10.8 Å².